The number of hydrogen-bond acceptors (Lipinski definition) is 8. The summed E-state index contributed by atoms with van der Waals surface area (Å²) < 4.78 is 17.0. The van der Waals surface area contributed by atoms with Crippen LogP contribution in [-0.2, 0) is 25.5 Å². The lowest BCUT2D eigenvalue weighted by atomic mass is 9.72. The SMILES string of the molecule is CC(C)[C@H]1COCCCCOc2ccc(cc2)C[C@@H](NC(=O)NC(C(=O)O)C(c2ccc(NC(=O)OC(C)(C)C)nc2)C(C)(C)C)C(=O)N1. The Kier molecular flexibility index (Phi) is 13.8. The fourth-order valence-corrected chi connectivity index (χ4v) is 5.45. The first-order valence-corrected chi connectivity index (χ1v) is 16.8. The minimum atomic E-state index is -1.39. The van der Waals surface area contributed by atoms with Gasteiger partial charge in [-0.3, -0.25) is 10.1 Å². The largest absolute Gasteiger partial charge is 0.494 e. The van der Waals surface area contributed by atoms with E-state index in [0.717, 1.165) is 18.4 Å². The molecule has 2 aromatic rings. The third-order valence-corrected chi connectivity index (χ3v) is 7.96. The summed E-state index contributed by atoms with van der Waals surface area (Å²) in [6.45, 7) is 16.2. The molecule has 4 rings (SSSR count). The van der Waals surface area contributed by atoms with Gasteiger partial charge in [0.1, 0.15) is 29.3 Å². The summed E-state index contributed by atoms with van der Waals surface area (Å²) >= 11 is 0. The van der Waals surface area contributed by atoms with E-state index < -0.39 is 53.0 Å². The number of hydrogen-bond donors (Lipinski definition) is 5. The smallest absolute Gasteiger partial charge is 0.413 e. The molecule has 2 bridgehead atoms. The fraction of sp³-hybridized carbons (Fsp3) is 0.583. The number of carboxylic acid groups (broad SMARTS) is 1. The molecule has 0 aliphatic carbocycles. The lowest BCUT2D eigenvalue weighted by Crippen LogP contribution is -2.57. The van der Waals surface area contributed by atoms with Crippen LogP contribution >= 0.6 is 0 Å². The maximum absolute atomic E-state index is 13.7. The number of carbonyl (C=O) groups excluding carboxylic acids is 3. The van der Waals surface area contributed by atoms with Crippen LogP contribution < -0.4 is 26.0 Å². The Morgan fingerprint density at radius 3 is 2.24 bits per heavy atom. The van der Waals surface area contributed by atoms with E-state index in [9.17, 15) is 24.3 Å². The molecule has 0 saturated heterocycles. The number of anilines is 1. The van der Waals surface area contributed by atoms with Crippen molar-refractivity contribution in [2.75, 3.05) is 25.1 Å². The number of carbonyl (C=O) groups is 4. The van der Waals surface area contributed by atoms with E-state index in [-0.39, 0.29) is 24.2 Å². The molecule has 0 saturated carbocycles. The van der Waals surface area contributed by atoms with E-state index in [4.69, 9.17) is 14.2 Å². The molecular formula is C36H53N5O8. The molecule has 1 aromatic heterocycles. The van der Waals surface area contributed by atoms with Gasteiger partial charge in [0.15, 0.2) is 0 Å². The molecule has 49 heavy (non-hydrogen) atoms. The maximum atomic E-state index is 13.7. The van der Waals surface area contributed by atoms with Gasteiger partial charge in [0.25, 0.3) is 0 Å². The Morgan fingerprint density at radius 2 is 1.67 bits per heavy atom. The molecule has 4 atom stereocenters. The Labute approximate surface area is 289 Å². The van der Waals surface area contributed by atoms with Gasteiger partial charge in [-0.05, 0) is 74.3 Å². The number of aromatic nitrogens is 1. The zero-order valence-corrected chi connectivity index (χ0v) is 29.9. The van der Waals surface area contributed by atoms with Crippen LogP contribution in [0.25, 0.3) is 0 Å². The second-order valence-corrected chi connectivity index (χ2v) is 14.8. The van der Waals surface area contributed by atoms with Crippen molar-refractivity contribution in [3.8, 4) is 5.75 Å². The second-order valence-electron chi connectivity index (χ2n) is 14.8. The van der Waals surface area contributed by atoms with Crippen molar-refractivity contribution < 1.29 is 38.5 Å². The first-order chi connectivity index (χ1) is 22.9. The molecule has 5 N–H and O–H groups in total. The summed E-state index contributed by atoms with van der Waals surface area (Å²) in [5, 5.41) is 21.3. The first kappa shape index (κ1) is 39.1. The standard InChI is InChI=1S/C36H53N5O8/c1-22(2)27-21-47-17-9-10-18-48-25-14-11-23(12-15-25)19-26(31(42)38-27)39-33(45)41-30(32(43)44)29(35(3,4)5)24-13-16-28(37-20-24)40-34(46)49-36(6,7)8/h11-16,20,22,26-27,29-30H,9-10,17-19,21H2,1-8H3,(H,38,42)(H,43,44)(H,37,40,46)(H2,39,41,45)/t26-,27-,29?,30?/m1/s1. The van der Waals surface area contributed by atoms with Crippen LogP contribution in [0.1, 0.15) is 85.3 Å². The second kappa shape index (κ2) is 17.3. The van der Waals surface area contributed by atoms with Crippen LogP contribution in [-0.4, -0.2) is 77.6 Å². The number of nitrogens with one attached hydrogen (secondary N) is 4. The molecule has 270 valence electrons. The quantitative estimate of drug-likeness (QED) is 0.261. The number of pyridine rings is 1. The zero-order valence-electron chi connectivity index (χ0n) is 29.9. The Morgan fingerprint density at radius 1 is 1.00 bits per heavy atom. The molecule has 4 amide bonds. The van der Waals surface area contributed by atoms with E-state index in [1.807, 2.05) is 58.9 Å². The number of amides is 4. The van der Waals surface area contributed by atoms with Gasteiger partial charge in [-0.25, -0.2) is 19.4 Å². The van der Waals surface area contributed by atoms with Crippen molar-refractivity contribution in [3.63, 3.8) is 0 Å². The normalized spacial score (nSPS) is 19.2. The lowest BCUT2D eigenvalue weighted by molar-refractivity contribution is -0.140. The third-order valence-electron chi connectivity index (χ3n) is 7.96. The van der Waals surface area contributed by atoms with Crippen molar-refractivity contribution in [1.29, 1.82) is 0 Å². The molecule has 13 heteroatoms. The molecule has 0 radical (unpaired) electrons. The van der Waals surface area contributed by atoms with Gasteiger partial charge in [-0.1, -0.05) is 52.8 Å². The van der Waals surface area contributed by atoms with Gasteiger partial charge in [-0.15, -0.1) is 0 Å². The summed E-state index contributed by atoms with van der Waals surface area (Å²) in [5.74, 6) is -1.45. The summed E-state index contributed by atoms with van der Waals surface area (Å²) in [6.07, 6.45) is 2.59. The third kappa shape index (κ3) is 12.9. The lowest BCUT2D eigenvalue weighted by Gasteiger charge is -2.36. The fourth-order valence-electron chi connectivity index (χ4n) is 5.45. The Balaban J connectivity index is 1.84. The van der Waals surface area contributed by atoms with E-state index >= 15 is 0 Å². The number of aliphatic carboxylic acids is 1. The molecule has 13 nitrogen and oxygen atoms in total. The van der Waals surface area contributed by atoms with Crippen molar-refractivity contribution in [2.24, 2.45) is 11.3 Å². The van der Waals surface area contributed by atoms with Gasteiger partial charge >= 0.3 is 18.1 Å². The number of urea groups is 1. The highest BCUT2D eigenvalue weighted by atomic mass is 16.6. The highest BCUT2D eigenvalue weighted by Crippen LogP contribution is 2.38. The molecule has 0 fully saturated rings. The Hall–Kier alpha value is -4.39. The topological polar surface area (TPSA) is 177 Å². The van der Waals surface area contributed by atoms with Gasteiger partial charge in [-0.2, -0.15) is 0 Å². The highest BCUT2D eigenvalue weighted by Gasteiger charge is 2.40. The van der Waals surface area contributed by atoms with Crippen molar-refractivity contribution in [2.45, 2.75) is 104 Å². The van der Waals surface area contributed by atoms with E-state index in [2.05, 4.69) is 26.3 Å². The Bertz CT molecular complexity index is 1400. The predicted octanol–water partition coefficient (Wildman–Crippen LogP) is 5.25. The molecule has 1 aromatic carbocycles. The van der Waals surface area contributed by atoms with Crippen LogP contribution in [0.3, 0.4) is 0 Å². The van der Waals surface area contributed by atoms with Crippen LogP contribution in [0.4, 0.5) is 15.4 Å². The van der Waals surface area contributed by atoms with Crippen LogP contribution in [0.15, 0.2) is 42.6 Å². The van der Waals surface area contributed by atoms with E-state index in [1.54, 1.807) is 32.9 Å². The predicted molar refractivity (Wildman–Crippen MR) is 186 cm³/mol. The van der Waals surface area contributed by atoms with Crippen LogP contribution in [0, 0.1) is 11.3 Å². The van der Waals surface area contributed by atoms with Crippen molar-refractivity contribution in [1.82, 2.24) is 20.9 Å². The van der Waals surface area contributed by atoms with Crippen molar-refractivity contribution >= 4 is 29.8 Å². The number of carboxylic acids is 1. The van der Waals surface area contributed by atoms with E-state index in [0.29, 0.717) is 31.1 Å². The average Bonchev–Trinajstić information content (AvgIpc) is 2.98. The van der Waals surface area contributed by atoms with Crippen molar-refractivity contribution in [3.05, 3.63) is 53.7 Å². The minimum absolute atomic E-state index is 0.0585. The molecule has 2 aliphatic rings. The number of benzene rings is 1. The first-order valence-electron chi connectivity index (χ1n) is 16.8. The zero-order chi connectivity index (χ0) is 36.4. The summed E-state index contributed by atoms with van der Waals surface area (Å²) in [4.78, 5) is 56.5. The van der Waals surface area contributed by atoms with Crippen LogP contribution in [0.2, 0.25) is 0 Å². The van der Waals surface area contributed by atoms with Gasteiger partial charge in [0.2, 0.25) is 5.91 Å². The molecule has 2 aliphatic heterocycles. The molecular weight excluding hydrogens is 630 g/mol. The van der Waals surface area contributed by atoms with Crippen LogP contribution in [0.5, 0.6) is 5.75 Å². The summed E-state index contributed by atoms with van der Waals surface area (Å²) in [6, 6.07) is 6.99. The van der Waals surface area contributed by atoms with Gasteiger partial charge in [0, 0.05) is 25.1 Å². The molecule has 2 unspecified atom stereocenters. The minimum Gasteiger partial charge on any atom is -0.494 e. The average molecular weight is 684 g/mol. The monoisotopic (exact) mass is 683 g/mol. The number of fused-ring (bicyclic) bond motifs is 13. The van der Waals surface area contributed by atoms with Gasteiger partial charge < -0.3 is 35.3 Å². The summed E-state index contributed by atoms with van der Waals surface area (Å²) in [5.41, 5.74) is -0.0470. The number of rotatable bonds is 7. The van der Waals surface area contributed by atoms with Gasteiger partial charge in [0.05, 0.1) is 19.3 Å². The number of nitrogens with zero attached hydrogens (tertiary/aromatic N) is 1. The highest BCUT2D eigenvalue weighted by molar-refractivity contribution is 5.89. The molecule has 3 heterocycles. The summed E-state index contributed by atoms with van der Waals surface area (Å²) in [7, 11) is 0. The van der Waals surface area contributed by atoms with E-state index in [1.165, 1.54) is 6.20 Å². The number of ether oxygens (including phenoxy) is 3. The maximum Gasteiger partial charge on any atom is 0.413 e. The molecule has 0 spiro atoms.